The quantitative estimate of drug-likeness (QED) is 0.745. The number of nitrogens with zero attached hydrogens (tertiary/aromatic N) is 2. The summed E-state index contributed by atoms with van der Waals surface area (Å²) in [6, 6.07) is 14.8. The lowest BCUT2D eigenvalue weighted by atomic mass is 10.0. The van der Waals surface area contributed by atoms with E-state index in [-0.39, 0.29) is 18.5 Å². The number of likely N-dealkylation sites (tertiary alicyclic amines) is 1. The molecule has 0 aliphatic carbocycles. The normalized spacial score (nSPS) is 16.8. The molecule has 2 aromatic rings. The van der Waals surface area contributed by atoms with Crippen molar-refractivity contribution in [1.82, 2.24) is 4.90 Å². The summed E-state index contributed by atoms with van der Waals surface area (Å²) in [4.78, 5) is 14.9. The van der Waals surface area contributed by atoms with Crippen LogP contribution in [-0.2, 0) is 14.8 Å². The first-order valence-corrected chi connectivity index (χ1v) is 11.1. The van der Waals surface area contributed by atoms with E-state index < -0.39 is 10.0 Å². The number of benzene rings is 2. The molecule has 0 aromatic heterocycles. The molecule has 7 heteroatoms. The number of hydrogen-bond donors (Lipinski definition) is 0. The molecular weight excluding hydrogens is 376 g/mol. The van der Waals surface area contributed by atoms with Gasteiger partial charge in [0.25, 0.3) is 0 Å². The Labute approximate surface area is 166 Å². The topological polar surface area (TPSA) is 66.9 Å². The van der Waals surface area contributed by atoms with Crippen molar-refractivity contribution in [3.63, 3.8) is 0 Å². The number of para-hydroxylation sites is 1. The molecule has 3 rings (SSSR count). The van der Waals surface area contributed by atoms with E-state index in [1.54, 1.807) is 24.1 Å². The van der Waals surface area contributed by atoms with Crippen molar-refractivity contribution in [2.45, 2.75) is 25.8 Å². The van der Waals surface area contributed by atoms with Crippen LogP contribution in [0.3, 0.4) is 0 Å². The van der Waals surface area contributed by atoms with Gasteiger partial charge in [0.15, 0.2) is 0 Å². The fourth-order valence-corrected chi connectivity index (χ4v) is 4.58. The van der Waals surface area contributed by atoms with E-state index in [4.69, 9.17) is 4.74 Å². The summed E-state index contributed by atoms with van der Waals surface area (Å²) in [5, 5.41) is 0. The second-order valence-electron chi connectivity index (χ2n) is 7.07. The van der Waals surface area contributed by atoms with Crippen LogP contribution < -0.4 is 9.04 Å². The SMILES string of the molecule is COc1ccc([C@H]2CCCN2C(=O)CN(c2ccccc2C)S(C)(=O)=O)cc1. The fourth-order valence-electron chi connectivity index (χ4n) is 3.68. The third-order valence-corrected chi connectivity index (χ3v) is 6.26. The lowest BCUT2D eigenvalue weighted by Crippen LogP contribution is -2.42. The molecule has 0 N–H and O–H groups in total. The molecule has 1 aliphatic heterocycles. The number of amides is 1. The van der Waals surface area contributed by atoms with Crippen LogP contribution in [0.15, 0.2) is 48.5 Å². The van der Waals surface area contributed by atoms with Gasteiger partial charge in [-0.15, -0.1) is 0 Å². The Balaban J connectivity index is 1.83. The molecule has 1 atom stereocenters. The number of carbonyl (C=O) groups is 1. The highest BCUT2D eigenvalue weighted by Gasteiger charge is 2.32. The summed E-state index contributed by atoms with van der Waals surface area (Å²) >= 11 is 0. The first-order chi connectivity index (χ1) is 13.3. The first-order valence-electron chi connectivity index (χ1n) is 9.28. The average Bonchev–Trinajstić information content (AvgIpc) is 3.16. The highest BCUT2D eigenvalue weighted by atomic mass is 32.2. The number of hydrogen-bond acceptors (Lipinski definition) is 4. The van der Waals surface area contributed by atoms with Gasteiger partial charge >= 0.3 is 0 Å². The maximum absolute atomic E-state index is 13.1. The Morgan fingerprint density at radius 3 is 2.46 bits per heavy atom. The zero-order valence-electron chi connectivity index (χ0n) is 16.5. The lowest BCUT2D eigenvalue weighted by Gasteiger charge is -2.29. The zero-order valence-corrected chi connectivity index (χ0v) is 17.3. The van der Waals surface area contributed by atoms with Gasteiger partial charge in [-0.1, -0.05) is 30.3 Å². The highest BCUT2D eigenvalue weighted by Crippen LogP contribution is 2.33. The molecule has 1 aliphatic rings. The molecule has 1 amide bonds. The Kier molecular flexibility index (Phi) is 5.93. The molecule has 150 valence electrons. The van der Waals surface area contributed by atoms with Gasteiger partial charge in [0.05, 0.1) is 25.1 Å². The number of methoxy groups -OCH3 is 1. The van der Waals surface area contributed by atoms with Gasteiger partial charge in [0.2, 0.25) is 15.9 Å². The van der Waals surface area contributed by atoms with E-state index in [9.17, 15) is 13.2 Å². The molecule has 1 fully saturated rings. The van der Waals surface area contributed by atoms with Crippen LogP contribution in [0.4, 0.5) is 5.69 Å². The Morgan fingerprint density at radius 1 is 1.18 bits per heavy atom. The van der Waals surface area contributed by atoms with E-state index in [0.29, 0.717) is 12.2 Å². The van der Waals surface area contributed by atoms with Crippen LogP contribution >= 0.6 is 0 Å². The lowest BCUT2D eigenvalue weighted by molar-refractivity contribution is -0.130. The number of anilines is 1. The Bertz CT molecular complexity index is 941. The maximum Gasteiger partial charge on any atom is 0.243 e. The third-order valence-electron chi connectivity index (χ3n) is 5.14. The van der Waals surface area contributed by atoms with Gasteiger partial charge in [0.1, 0.15) is 12.3 Å². The summed E-state index contributed by atoms with van der Waals surface area (Å²) in [5.74, 6) is 0.578. The third kappa shape index (κ3) is 4.30. The minimum atomic E-state index is -3.59. The standard InChI is InChI=1S/C21H26N2O4S/c1-16-7-4-5-8-19(16)23(28(3,25)26)15-21(24)22-14-6-9-20(22)17-10-12-18(27-2)13-11-17/h4-5,7-8,10-13,20H,6,9,14-15H2,1-3H3/t20-/m1/s1. The minimum Gasteiger partial charge on any atom is -0.497 e. The Morgan fingerprint density at radius 2 is 1.86 bits per heavy atom. The summed E-state index contributed by atoms with van der Waals surface area (Å²) in [5.41, 5.74) is 2.39. The molecule has 0 saturated carbocycles. The molecule has 0 radical (unpaired) electrons. The van der Waals surface area contributed by atoms with Crippen LogP contribution in [0.5, 0.6) is 5.75 Å². The monoisotopic (exact) mass is 402 g/mol. The van der Waals surface area contributed by atoms with E-state index in [1.807, 2.05) is 43.3 Å². The molecule has 1 heterocycles. The van der Waals surface area contributed by atoms with E-state index in [1.165, 1.54) is 4.31 Å². The second-order valence-corrected chi connectivity index (χ2v) is 8.98. The molecule has 1 saturated heterocycles. The van der Waals surface area contributed by atoms with Crippen LogP contribution in [0.25, 0.3) is 0 Å². The van der Waals surface area contributed by atoms with Crippen LogP contribution in [0.2, 0.25) is 0 Å². The summed E-state index contributed by atoms with van der Waals surface area (Å²) < 4.78 is 31.2. The van der Waals surface area contributed by atoms with Crippen molar-refractivity contribution < 1.29 is 17.9 Å². The number of aryl methyl sites for hydroxylation is 1. The van der Waals surface area contributed by atoms with Gasteiger partial charge < -0.3 is 9.64 Å². The second kappa shape index (κ2) is 8.22. The zero-order chi connectivity index (χ0) is 20.3. The molecule has 2 aromatic carbocycles. The van der Waals surface area contributed by atoms with E-state index in [0.717, 1.165) is 36.0 Å². The van der Waals surface area contributed by atoms with E-state index >= 15 is 0 Å². The van der Waals surface area contributed by atoms with Crippen molar-refractivity contribution in [2.24, 2.45) is 0 Å². The predicted molar refractivity (Wildman–Crippen MR) is 110 cm³/mol. The van der Waals surface area contributed by atoms with Crippen LogP contribution in [0, 0.1) is 6.92 Å². The summed E-state index contributed by atoms with van der Waals surface area (Å²) in [6.45, 7) is 2.27. The van der Waals surface area contributed by atoms with Crippen molar-refractivity contribution in [3.8, 4) is 5.75 Å². The predicted octanol–water partition coefficient (Wildman–Crippen LogP) is 3.13. The van der Waals surface area contributed by atoms with Crippen LogP contribution in [0.1, 0.15) is 30.0 Å². The largest absolute Gasteiger partial charge is 0.497 e. The molecular formula is C21H26N2O4S. The van der Waals surface area contributed by atoms with Crippen molar-refractivity contribution in [1.29, 1.82) is 0 Å². The van der Waals surface area contributed by atoms with Gasteiger partial charge in [-0.05, 0) is 49.1 Å². The van der Waals surface area contributed by atoms with Crippen molar-refractivity contribution in [3.05, 3.63) is 59.7 Å². The summed E-state index contributed by atoms with van der Waals surface area (Å²) in [6.07, 6.45) is 2.89. The van der Waals surface area contributed by atoms with Gasteiger partial charge in [-0.25, -0.2) is 8.42 Å². The van der Waals surface area contributed by atoms with Gasteiger partial charge in [-0.2, -0.15) is 0 Å². The Hall–Kier alpha value is -2.54. The molecule has 6 nitrogen and oxygen atoms in total. The van der Waals surface area contributed by atoms with Crippen LogP contribution in [-0.4, -0.2) is 45.7 Å². The maximum atomic E-state index is 13.1. The smallest absolute Gasteiger partial charge is 0.243 e. The summed E-state index contributed by atoms with van der Waals surface area (Å²) in [7, 11) is -1.97. The van der Waals surface area contributed by atoms with Crippen molar-refractivity contribution >= 4 is 21.6 Å². The fraction of sp³-hybridized carbons (Fsp3) is 0.381. The van der Waals surface area contributed by atoms with Gasteiger partial charge in [0, 0.05) is 6.54 Å². The highest BCUT2D eigenvalue weighted by molar-refractivity contribution is 7.92. The molecule has 0 spiro atoms. The van der Waals surface area contributed by atoms with Crippen molar-refractivity contribution in [2.75, 3.05) is 30.8 Å². The average molecular weight is 403 g/mol. The van der Waals surface area contributed by atoms with E-state index in [2.05, 4.69) is 0 Å². The first kappa shape index (κ1) is 20.2. The molecule has 28 heavy (non-hydrogen) atoms. The molecule has 0 unspecified atom stereocenters. The molecule has 0 bridgehead atoms. The number of sulfonamides is 1. The number of carbonyl (C=O) groups excluding carboxylic acids is 1. The minimum absolute atomic E-state index is 0.0447. The number of ether oxygens (including phenoxy) is 1. The number of rotatable bonds is 6. The van der Waals surface area contributed by atoms with Gasteiger partial charge in [-0.3, -0.25) is 9.10 Å².